The second kappa shape index (κ2) is 3.92. The van der Waals surface area contributed by atoms with Crippen LogP contribution in [0.2, 0.25) is 0 Å². The highest BCUT2D eigenvalue weighted by Gasteiger charge is 2.55. The Morgan fingerprint density at radius 2 is 1.50 bits per heavy atom. The Morgan fingerprint density at radius 1 is 1.00 bits per heavy atom. The van der Waals surface area contributed by atoms with E-state index in [-0.39, 0.29) is 5.41 Å². The molecule has 0 heterocycles. The number of hydrogen-bond acceptors (Lipinski definition) is 1. The van der Waals surface area contributed by atoms with Crippen molar-refractivity contribution in [1.82, 2.24) is 0 Å². The molecule has 0 bridgehead atoms. The molecule has 0 atom stereocenters. The van der Waals surface area contributed by atoms with E-state index in [1.54, 1.807) is 0 Å². The van der Waals surface area contributed by atoms with Gasteiger partial charge in [0.1, 0.15) is 0 Å². The molecule has 0 radical (unpaired) electrons. The molecule has 80 valence electrons. The highest BCUT2D eigenvalue weighted by atomic mass is 16.4. The summed E-state index contributed by atoms with van der Waals surface area (Å²) in [7, 11) is 0. The van der Waals surface area contributed by atoms with Gasteiger partial charge in [0, 0.05) is 0 Å². The van der Waals surface area contributed by atoms with Crippen LogP contribution in [0.4, 0.5) is 0 Å². The second-order valence-electron chi connectivity index (χ2n) is 5.00. The van der Waals surface area contributed by atoms with Crippen LogP contribution in [0.1, 0.15) is 57.8 Å². The van der Waals surface area contributed by atoms with Crippen molar-refractivity contribution in [2.45, 2.75) is 57.8 Å². The van der Waals surface area contributed by atoms with Gasteiger partial charge in [-0.25, -0.2) is 0 Å². The molecule has 2 rings (SSSR count). The zero-order valence-corrected chi connectivity index (χ0v) is 8.80. The Morgan fingerprint density at radius 3 is 1.93 bits per heavy atom. The minimum absolute atomic E-state index is 0.280. The topological polar surface area (TPSA) is 37.3 Å². The summed E-state index contributed by atoms with van der Waals surface area (Å²) in [5.41, 5.74) is -0.280. The van der Waals surface area contributed by atoms with Gasteiger partial charge in [0.05, 0.1) is 5.41 Å². The molecule has 0 aromatic carbocycles. The maximum Gasteiger partial charge on any atom is 0.309 e. The van der Waals surface area contributed by atoms with E-state index < -0.39 is 5.97 Å². The first-order valence-electron chi connectivity index (χ1n) is 5.99. The van der Waals surface area contributed by atoms with Crippen molar-refractivity contribution in [2.24, 2.45) is 11.3 Å². The fourth-order valence-electron chi connectivity index (χ4n) is 2.94. The average Bonchev–Trinajstić information content (AvgIpc) is 2.83. The fourth-order valence-corrected chi connectivity index (χ4v) is 2.94. The molecule has 2 heteroatoms. The molecule has 2 nitrogen and oxygen atoms in total. The summed E-state index contributed by atoms with van der Waals surface area (Å²) in [6.45, 7) is 0. The van der Waals surface area contributed by atoms with Crippen LogP contribution in [0.25, 0.3) is 0 Å². The number of carbonyl (C=O) groups is 1. The van der Waals surface area contributed by atoms with Gasteiger partial charge in [-0.05, 0) is 31.6 Å². The SMILES string of the molecule is O=C(O)C1(C2CCCCCCC2)CC1. The van der Waals surface area contributed by atoms with Crippen LogP contribution in [-0.4, -0.2) is 11.1 Å². The lowest BCUT2D eigenvalue weighted by Crippen LogP contribution is -2.26. The first-order valence-corrected chi connectivity index (χ1v) is 5.99. The van der Waals surface area contributed by atoms with Crippen LogP contribution < -0.4 is 0 Å². The molecule has 1 N–H and O–H groups in total. The predicted octanol–water partition coefficient (Wildman–Crippen LogP) is 3.21. The Labute approximate surface area is 85.7 Å². The van der Waals surface area contributed by atoms with Crippen LogP contribution >= 0.6 is 0 Å². The normalized spacial score (nSPS) is 27.7. The summed E-state index contributed by atoms with van der Waals surface area (Å²) >= 11 is 0. The number of carboxylic acids is 1. The molecule has 2 fully saturated rings. The molecule has 0 aliphatic heterocycles. The van der Waals surface area contributed by atoms with Gasteiger partial charge in [-0.1, -0.05) is 32.1 Å². The summed E-state index contributed by atoms with van der Waals surface area (Å²) in [4.78, 5) is 11.2. The third-order valence-electron chi connectivity index (χ3n) is 4.10. The van der Waals surface area contributed by atoms with Crippen LogP contribution in [0.15, 0.2) is 0 Å². The van der Waals surface area contributed by atoms with E-state index in [2.05, 4.69) is 0 Å². The first-order chi connectivity index (χ1) is 6.76. The standard InChI is InChI=1S/C12H20O2/c13-11(14)12(8-9-12)10-6-4-2-1-3-5-7-10/h10H,1-9H2,(H,13,14). The summed E-state index contributed by atoms with van der Waals surface area (Å²) < 4.78 is 0. The molecule has 14 heavy (non-hydrogen) atoms. The molecule has 2 saturated carbocycles. The van der Waals surface area contributed by atoms with Crippen LogP contribution in [0.3, 0.4) is 0 Å². The minimum Gasteiger partial charge on any atom is -0.481 e. The minimum atomic E-state index is -0.525. The molecule has 0 aromatic rings. The van der Waals surface area contributed by atoms with Gasteiger partial charge in [-0.3, -0.25) is 4.79 Å². The lowest BCUT2D eigenvalue weighted by atomic mass is 9.79. The number of carboxylic acid groups (broad SMARTS) is 1. The highest BCUT2D eigenvalue weighted by Crippen LogP contribution is 2.55. The maximum absolute atomic E-state index is 11.2. The Kier molecular flexibility index (Phi) is 2.80. The molecule has 2 aliphatic carbocycles. The molecule has 0 amide bonds. The highest BCUT2D eigenvalue weighted by molar-refractivity contribution is 5.78. The number of aliphatic carboxylic acids is 1. The van der Waals surface area contributed by atoms with Crippen molar-refractivity contribution >= 4 is 5.97 Å². The van der Waals surface area contributed by atoms with Gasteiger partial charge >= 0.3 is 5.97 Å². The smallest absolute Gasteiger partial charge is 0.309 e. The van der Waals surface area contributed by atoms with Gasteiger partial charge in [-0.2, -0.15) is 0 Å². The van der Waals surface area contributed by atoms with Crippen molar-refractivity contribution in [3.05, 3.63) is 0 Å². The zero-order valence-electron chi connectivity index (χ0n) is 8.80. The molecule has 2 aliphatic rings. The van der Waals surface area contributed by atoms with Gasteiger partial charge in [-0.15, -0.1) is 0 Å². The monoisotopic (exact) mass is 196 g/mol. The summed E-state index contributed by atoms with van der Waals surface area (Å²) in [5.74, 6) is -0.0385. The van der Waals surface area contributed by atoms with Gasteiger partial charge in [0.15, 0.2) is 0 Å². The van der Waals surface area contributed by atoms with Crippen LogP contribution in [-0.2, 0) is 4.79 Å². The van der Waals surface area contributed by atoms with E-state index in [1.165, 1.54) is 32.1 Å². The Balaban J connectivity index is 1.97. The van der Waals surface area contributed by atoms with Crippen molar-refractivity contribution in [3.63, 3.8) is 0 Å². The molecule has 0 unspecified atom stereocenters. The quantitative estimate of drug-likeness (QED) is 0.736. The largest absolute Gasteiger partial charge is 0.481 e. The summed E-state index contributed by atoms with van der Waals surface area (Å²) in [6.07, 6.45) is 10.7. The van der Waals surface area contributed by atoms with Crippen molar-refractivity contribution in [2.75, 3.05) is 0 Å². The van der Waals surface area contributed by atoms with Gasteiger partial charge in [0.2, 0.25) is 0 Å². The van der Waals surface area contributed by atoms with Crippen molar-refractivity contribution in [1.29, 1.82) is 0 Å². The van der Waals surface area contributed by atoms with Gasteiger partial charge in [0.25, 0.3) is 0 Å². The second-order valence-corrected chi connectivity index (χ2v) is 5.00. The van der Waals surface area contributed by atoms with E-state index in [9.17, 15) is 9.90 Å². The number of rotatable bonds is 2. The van der Waals surface area contributed by atoms with E-state index >= 15 is 0 Å². The van der Waals surface area contributed by atoms with Crippen molar-refractivity contribution in [3.8, 4) is 0 Å². The summed E-state index contributed by atoms with van der Waals surface area (Å²) in [5, 5.41) is 9.22. The lowest BCUT2D eigenvalue weighted by molar-refractivity contribution is -0.146. The third-order valence-corrected chi connectivity index (χ3v) is 4.10. The molecule has 0 spiro atoms. The molecule has 0 saturated heterocycles. The molecular formula is C12H20O2. The average molecular weight is 196 g/mol. The number of hydrogen-bond donors (Lipinski definition) is 1. The van der Waals surface area contributed by atoms with E-state index in [0.717, 1.165) is 25.7 Å². The fraction of sp³-hybridized carbons (Fsp3) is 0.917. The Bertz CT molecular complexity index is 210. The van der Waals surface area contributed by atoms with E-state index in [1.807, 2.05) is 0 Å². The molecular weight excluding hydrogens is 176 g/mol. The summed E-state index contributed by atoms with van der Waals surface area (Å²) in [6, 6.07) is 0. The zero-order chi connectivity index (χ0) is 10.0. The van der Waals surface area contributed by atoms with E-state index in [0.29, 0.717) is 5.92 Å². The Hall–Kier alpha value is -0.530. The lowest BCUT2D eigenvalue weighted by Gasteiger charge is -2.25. The van der Waals surface area contributed by atoms with E-state index in [4.69, 9.17) is 0 Å². The predicted molar refractivity (Wildman–Crippen MR) is 55.1 cm³/mol. The maximum atomic E-state index is 11.2. The third kappa shape index (κ3) is 1.79. The first kappa shape index (κ1) is 10.0. The van der Waals surface area contributed by atoms with Crippen LogP contribution in [0, 0.1) is 11.3 Å². The van der Waals surface area contributed by atoms with Crippen molar-refractivity contribution < 1.29 is 9.90 Å². The van der Waals surface area contributed by atoms with Crippen LogP contribution in [0.5, 0.6) is 0 Å². The molecule has 0 aromatic heterocycles. The van der Waals surface area contributed by atoms with Gasteiger partial charge < -0.3 is 5.11 Å².